The van der Waals surface area contributed by atoms with Crippen LogP contribution in [-0.2, 0) is 0 Å². The summed E-state index contributed by atoms with van der Waals surface area (Å²) in [7, 11) is 0. The molecule has 3 aromatic rings. The Hall–Kier alpha value is -2.76. The molecule has 0 fully saturated rings. The summed E-state index contributed by atoms with van der Waals surface area (Å²) in [6.45, 7) is 0. The summed E-state index contributed by atoms with van der Waals surface area (Å²) in [6.07, 6.45) is 0. The van der Waals surface area contributed by atoms with Gasteiger partial charge in [-0.1, -0.05) is 18.2 Å². The van der Waals surface area contributed by atoms with Crippen LogP contribution in [0.1, 0.15) is 0 Å². The number of nitrogens with one attached hydrogen (secondary N) is 1. The molecule has 0 unspecified atom stereocenters. The summed E-state index contributed by atoms with van der Waals surface area (Å²) < 4.78 is 41.1. The van der Waals surface area contributed by atoms with Crippen LogP contribution in [-0.4, -0.2) is 9.78 Å². The van der Waals surface area contributed by atoms with Crippen molar-refractivity contribution in [2.24, 2.45) is 0 Å². The fourth-order valence-corrected chi connectivity index (χ4v) is 2.03. The molecule has 0 aliphatic carbocycles. The van der Waals surface area contributed by atoms with Gasteiger partial charge in [-0.05, 0) is 18.2 Å². The van der Waals surface area contributed by atoms with Gasteiger partial charge in [-0.3, -0.25) is 9.89 Å². The van der Waals surface area contributed by atoms with Gasteiger partial charge < -0.3 is 0 Å². The Morgan fingerprint density at radius 2 is 1.52 bits per heavy atom. The first-order valence-electron chi connectivity index (χ1n) is 6.08. The normalized spacial score (nSPS) is 10.8. The van der Waals surface area contributed by atoms with E-state index in [9.17, 15) is 18.0 Å². The van der Waals surface area contributed by atoms with Crippen LogP contribution in [0.4, 0.5) is 13.2 Å². The van der Waals surface area contributed by atoms with Crippen LogP contribution < -0.4 is 5.56 Å². The minimum Gasteiger partial charge on any atom is -0.290 e. The fraction of sp³-hybridized carbons (Fsp3) is 0. The number of hydrogen-bond acceptors (Lipinski definition) is 1. The van der Waals surface area contributed by atoms with E-state index in [0.29, 0.717) is 17.8 Å². The van der Waals surface area contributed by atoms with Crippen LogP contribution in [0.3, 0.4) is 0 Å². The standard InChI is InChI=1S/C15H9F3N2O/c16-11-7-13(18)12(17)6-10(11)14-8-15(21)20(19-14)9-4-2-1-3-5-9/h1-8,19H. The van der Waals surface area contributed by atoms with Gasteiger partial charge in [-0.2, -0.15) is 0 Å². The number of benzene rings is 2. The number of nitrogens with zero attached hydrogens (tertiary/aromatic N) is 1. The molecule has 1 heterocycles. The molecule has 0 atom stereocenters. The van der Waals surface area contributed by atoms with Crippen LogP contribution in [0, 0.1) is 17.5 Å². The largest absolute Gasteiger partial charge is 0.290 e. The lowest BCUT2D eigenvalue weighted by molar-refractivity contribution is 0.496. The van der Waals surface area contributed by atoms with Crippen molar-refractivity contribution in [3.63, 3.8) is 0 Å². The fourth-order valence-electron chi connectivity index (χ4n) is 2.03. The Morgan fingerprint density at radius 1 is 0.857 bits per heavy atom. The summed E-state index contributed by atoms with van der Waals surface area (Å²) >= 11 is 0. The number of rotatable bonds is 2. The maximum atomic E-state index is 13.7. The van der Waals surface area contributed by atoms with E-state index in [1.165, 1.54) is 4.68 Å². The van der Waals surface area contributed by atoms with Crippen molar-refractivity contribution in [3.05, 3.63) is 76.3 Å². The zero-order valence-electron chi connectivity index (χ0n) is 10.6. The van der Waals surface area contributed by atoms with E-state index in [1.807, 2.05) is 0 Å². The lowest BCUT2D eigenvalue weighted by atomic mass is 10.1. The molecule has 0 bridgehead atoms. The molecule has 106 valence electrons. The van der Waals surface area contributed by atoms with E-state index in [4.69, 9.17) is 0 Å². The maximum absolute atomic E-state index is 13.7. The summed E-state index contributed by atoms with van der Waals surface area (Å²) in [4.78, 5) is 11.9. The second kappa shape index (κ2) is 4.97. The summed E-state index contributed by atoms with van der Waals surface area (Å²) in [5, 5.41) is 2.68. The monoisotopic (exact) mass is 290 g/mol. The molecule has 0 amide bonds. The third-order valence-electron chi connectivity index (χ3n) is 3.03. The van der Waals surface area contributed by atoms with Crippen LogP contribution >= 0.6 is 0 Å². The highest BCUT2D eigenvalue weighted by Gasteiger charge is 2.14. The molecule has 3 rings (SSSR count). The Morgan fingerprint density at radius 3 is 2.24 bits per heavy atom. The Labute approximate surface area is 117 Å². The third kappa shape index (κ3) is 2.35. The van der Waals surface area contributed by atoms with E-state index >= 15 is 0 Å². The predicted molar refractivity (Wildman–Crippen MR) is 71.7 cm³/mol. The van der Waals surface area contributed by atoms with Crippen molar-refractivity contribution in [2.75, 3.05) is 0 Å². The van der Waals surface area contributed by atoms with Gasteiger partial charge in [0.05, 0.1) is 11.4 Å². The van der Waals surface area contributed by atoms with E-state index in [1.54, 1.807) is 30.3 Å². The molecule has 0 saturated heterocycles. The molecule has 6 heteroatoms. The van der Waals surface area contributed by atoms with Gasteiger partial charge in [-0.25, -0.2) is 17.9 Å². The van der Waals surface area contributed by atoms with Gasteiger partial charge >= 0.3 is 0 Å². The molecule has 1 N–H and O–H groups in total. The van der Waals surface area contributed by atoms with Crippen LogP contribution in [0.25, 0.3) is 16.9 Å². The highest BCUT2D eigenvalue weighted by atomic mass is 19.2. The zero-order valence-corrected chi connectivity index (χ0v) is 10.6. The quantitative estimate of drug-likeness (QED) is 0.723. The summed E-state index contributed by atoms with van der Waals surface area (Å²) in [6, 6.07) is 10.9. The number of H-pyrrole nitrogens is 1. The van der Waals surface area contributed by atoms with Gasteiger partial charge in [0.15, 0.2) is 11.6 Å². The molecular formula is C15H9F3N2O. The van der Waals surface area contributed by atoms with Gasteiger partial charge in [0.1, 0.15) is 5.82 Å². The highest BCUT2D eigenvalue weighted by molar-refractivity contribution is 5.60. The molecule has 21 heavy (non-hydrogen) atoms. The van der Waals surface area contributed by atoms with E-state index in [-0.39, 0.29) is 11.3 Å². The van der Waals surface area contributed by atoms with Crippen molar-refractivity contribution < 1.29 is 13.2 Å². The van der Waals surface area contributed by atoms with Gasteiger partial charge in [0, 0.05) is 17.7 Å². The number of hydrogen-bond donors (Lipinski definition) is 1. The first kappa shape index (κ1) is 13.2. The second-order valence-corrected chi connectivity index (χ2v) is 4.43. The number of aromatic nitrogens is 2. The number of halogens is 3. The molecule has 2 aromatic carbocycles. The molecule has 1 aromatic heterocycles. The molecule has 0 radical (unpaired) electrons. The van der Waals surface area contributed by atoms with Crippen molar-refractivity contribution in [1.29, 1.82) is 0 Å². The van der Waals surface area contributed by atoms with Crippen LogP contribution in [0.15, 0.2) is 53.3 Å². The highest BCUT2D eigenvalue weighted by Crippen LogP contribution is 2.23. The smallest absolute Gasteiger partial charge is 0.271 e. The van der Waals surface area contributed by atoms with E-state index in [0.717, 1.165) is 6.07 Å². The minimum atomic E-state index is -1.28. The lowest BCUT2D eigenvalue weighted by Crippen LogP contribution is -2.12. The van der Waals surface area contributed by atoms with Crippen LogP contribution in [0.5, 0.6) is 0 Å². The van der Waals surface area contributed by atoms with Crippen molar-refractivity contribution in [3.8, 4) is 16.9 Å². The third-order valence-corrected chi connectivity index (χ3v) is 3.03. The average molecular weight is 290 g/mol. The molecule has 3 nitrogen and oxygen atoms in total. The second-order valence-electron chi connectivity index (χ2n) is 4.43. The SMILES string of the molecule is O=c1cc(-c2cc(F)c(F)cc2F)[nH]n1-c1ccccc1. The topological polar surface area (TPSA) is 37.8 Å². The van der Waals surface area contributed by atoms with Crippen molar-refractivity contribution in [2.45, 2.75) is 0 Å². The van der Waals surface area contributed by atoms with Gasteiger partial charge in [-0.15, -0.1) is 0 Å². The zero-order chi connectivity index (χ0) is 15.0. The molecule has 0 aliphatic heterocycles. The maximum Gasteiger partial charge on any atom is 0.271 e. The lowest BCUT2D eigenvalue weighted by Gasteiger charge is -2.03. The number of para-hydroxylation sites is 1. The Balaban J connectivity index is 2.14. The molecule has 0 saturated carbocycles. The van der Waals surface area contributed by atoms with Crippen LogP contribution in [0.2, 0.25) is 0 Å². The first-order valence-corrected chi connectivity index (χ1v) is 6.08. The summed E-state index contributed by atoms with van der Waals surface area (Å²) in [5.41, 5.74) is -0.0157. The predicted octanol–water partition coefficient (Wildman–Crippen LogP) is 3.25. The number of aromatic amines is 1. The Bertz CT molecular complexity index is 853. The molecule has 0 aliphatic rings. The Kier molecular flexibility index (Phi) is 3.13. The van der Waals surface area contributed by atoms with E-state index in [2.05, 4.69) is 5.10 Å². The molecular weight excluding hydrogens is 281 g/mol. The van der Waals surface area contributed by atoms with Gasteiger partial charge in [0.25, 0.3) is 5.56 Å². The minimum absolute atomic E-state index is 0.0697. The first-order chi connectivity index (χ1) is 10.1. The van der Waals surface area contributed by atoms with Crippen molar-refractivity contribution >= 4 is 0 Å². The van der Waals surface area contributed by atoms with Crippen molar-refractivity contribution in [1.82, 2.24) is 9.78 Å². The van der Waals surface area contributed by atoms with E-state index < -0.39 is 23.0 Å². The average Bonchev–Trinajstić information content (AvgIpc) is 2.85. The molecule has 0 spiro atoms. The van der Waals surface area contributed by atoms with Gasteiger partial charge in [0.2, 0.25) is 0 Å². The summed E-state index contributed by atoms with van der Waals surface area (Å²) in [5.74, 6) is -3.41.